The summed E-state index contributed by atoms with van der Waals surface area (Å²) in [5.41, 5.74) is 24.1. The summed E-state index contributed by atoms with van der Waals surface area (Å²) in [6, 6.07) is 8.99. The molecule has 1 aliphatic carbocycles. The minimum atomic E-state index is -0.923. The van der Waals surface area contributed by atoms with Gasteiger partial charge in [-0.15, -0.1) is 0 Å². The Morgan fingerprint density at radius 1 is 0.976 bits per heavy atom. The van der Waals surface area contributed by atoms with Crippen molar-refractivity contribution in [3.63, 3.8) is 0 Å². The monoisotopic (exact) mass is 563 g/mol. The number of nitrogen functional groups attached to an aromatic ring is 1. The fourth-order valence-corrected chi connectivity index (χ4v) is 5.17. The highest BCUT2D eigenvalue weighted by atomic mass is 16.2. The second kappa shape index (κ2) is 15.3. The van der Waals surface area contributed by atoms with Crippen LogP contribution >= 0.6 is 0 Å². The molecule has 2 aromatic rings. The van der Waals surface area contributed by atoms with Gasteiger partial charge in [-0.25, -0.2) is 0 Å². The predicted molar refractivity (Wildman–Crippen MR) is 158 cm³/mol. The van der Waals surface area contributed by atoms with Gasteiger partial charge in [0.1, 0.15) is 17.9 Å². The van der Waals surface area contributed by atoms with Crippen molar-refractivity contribution in [2.75, 3.05) is 6.54 Å². The van der Waals surface area contributed by atoms with E-state index < -0.39 is 29.8 Å². The lowest BCUT2D eigenvalue weighted by molar-refractivity contribution is -0.133. The van der Waals surface area contributed by atoms with Crippen LogP contribution < -0.4 is 33.6 Å². The van der Waals surface area contributed by atoms with Crippen molar-refractivity contribution in [3.05, 3.63) is 65.5 Å². The molecule has 0 bridgehead atoms. The molecule has 1 aromatic carbocycles. The van der Waals surface area contributed by atoms with Crippen LogP contribution in [0.4, 0.5) is 0 Å². The van der Waals surface area contributed by atoms with Gasteiger partial charge in [0.05, 0.1) is 5.92 Å². The van der Waals surface area contributed by atoms with E-state index in [1.165, 1.54) is 0 Å². The first-order valence-electron chi connectivity index (χ1n) is 13.9. The molecule has 3 atom stereocenters. The minimum absolute atomic E-state index is 0.0371. The zero-order valence-corrected chi connectivity index (χ0v) is 23.2. The molecule has 0 unspecified atom stereocenters. The Labute approximate surface area is 240 Å². The number of guanidine groups is 1. The molecule has 0 radical (unpaired) electrons. The number of hydrogen-bond donors (Lipinski definition) is 7. The molecule has 12 heteroatoms. The average molecular weight is 564 g/mol. The zero-order valence-electron chi connectivity index (χ0n) is 23.2. The molecule has 1 heterocycles. The molecule has 220 valence electrons. The molecule has 1 aliphatic rings. The molecule has 12 nitrogen and oxygen atoms in total. The lowest BCUT2D eigenvalue weighted by Gasteiger charge is -2.32. The molecule has 3 rings (SSSR count). The van der Waals surface area contributed by atoms with Crippen molar-refractivity contribution in [2.45, 2.75) is 69.4 Å². The van der Waals surface area contributed by atoms with Crippen LogP contribution in [-0.2, 0) is 20.8 Å². The van der Waals surface area contributed by atoms with Crippen LogP contribution in [0.3, 0.4) is 0 Å². The number of amidine groups is 1. The van der Waals surface area contributed by atoms with Crippen molar-refractivity contribution in [2.24, 2.45) is 33.8 Å². The summed E-state index contributed by atoms with van der Waals surface area (Å²) < 4.78 is 0. The third-order valence-corrected chi connectivity index (χ3v) is 7.41. The molecule has 0 saturated heterocycles. The first kappa shape index (κ1) is 31.1. The number of nitrogens with two attached hydrogens (primary N) is 4. The summed E-state index contributed by atoms with van der Waals surface area (Å²) in [5.74, 6) is -2.22. The highest BCUT2D eigenvalue weighted by molar-refractivity contribution is 5.95. The lowest BCUT2D eigenvalue weighted by Crippen LogP contribution is -2.56. The standard InChI is InChI=1S/C29H41N9O3/c30-25(31)20-12-10-18(11-13-20)16-22(21-8-4-14-35-17-21)27(40)38-24(19-6-2-1-3-7-19)28(41)37-23(26(32)39)9-5-15-36-29(33)34/h4,8,10-14,17,19,22-24H,1-3,5-7,9,15-16H2,(H3,30,31)(H2,32,39)(H,37,41)(H,38,40)(H4,33,34,36)/t22-,23-,24-/m0/s1. The van der Waals surface area contributed by atoms with Crippen LogP contribution in [0.1, 0.15) is 67.6 Å². The number of pyridine rings is 1. The minimum Gasteiger partial charge on any atom is -0.384 e. The molecular weight excluding hydrogens is 522 g/mol. The largest absolute Gasteiger partial charge is 0.384 e. The van der Waals surface area contributed by atoms with Gasteiger partial charge >= 0.3 is 0 Å². The van der Waals surface area contributed by atoms with Crippen molar-refractivity contribution >= 4 is 29.5 Å². The molecule has 1 fully saturated rings. The summed E-state index contributed by atoms with van der Waals surface area (Å²) in [6.45, 7) is 0.297. The van der Waals surface area contributed by atoms with Gasteiger partial charge in [0.2, 0.25) is 17.7 Å². The van der Waals surface area contributed by atoms with Gasteiger partial charge in [-0.3, -0.25) is 29.8 Å². The number of amides is 3. The Bertz CT molecular complexity index is 1210. The Kier molecular flexibility index (Phi) is 11.6. The highest BCUT2D eigenvalue weighted by Crippen LogP contribution is 2.28. The van der Waals surface area contributed by atoms with Crippen molar-refractivity contribution in [1.82, 2.24) is 15.6 Å². The number of carbonyl (C=O) groups excluding carboxylic acids is 3. The average Bonchev–Trinajstić information content (AvgIpc) is 2.96. The normalized spacial score (nSPS) is 15.6. The molecule has 41 heavy (non-hydrogen) atoms. The zero-order chi connectivity index (χ0) is 29.8. The van der Waals surface area contributed by atoms with E-state index in [9.17, 15) is 14.4 Å². The number of primary amides is 1. The number of nitrogens with zero attached hydrogens (tertiary/aromatic N) is 2. The molecule has 1 saturated carbocycles. The number of nitrogens with one attached hydrogen (secondary N) is 3. The number of aromatic nitrogens is 1. The quantitative estimate of drug-likeness (QED) is 0.0991. The van der Waals surface area contributed by atoms with Crippen LogP contribution in [0.25, 0.3) is 0 Å². The second-order valence-electron chi connectivity index (χ2n) is 10.5. The van der Waals surface area contributed by atoms with Gasteiger partial charge in [-0.2, -0.15) is 0 Å². The lowest BCUT2D eigenvalue weighted by atomic mass is 9.82. The molecule has 11 N–H and O–H groups in total. The SMILES string of the molecule is N=C(N)c1ccc(C[C@H](C(=O)N[C@H](C(=O)N[C@@H](CCCN=C(N)N)C(N)=O)C2CCCCC2)c2cccnc2)cc1. The summed E-state index contributed by atoms with van der Waals surface area (Å²) >= 11 is 0. The third kappa shape index (κ3) is 9.59. The van der Waals surface area contributed by atoms with Gasteiger partial charge in [-0.1, -0.05) is 49.6 Å². The maximum absolute atomic E-state index is 13.9. The van der Waals surface area contributed by atoms with Crippen molar-refractivity contribution in [3.8, 4) is 0 Å². The number of carbonyl (C=O) groups is 3. The Morgan fingerprint density at radius 3 is 2.27 bits per heavy atom. The summed E-state index contributed by atoms with van der Waals surface area (Å²) in [5, 5.41) is 13.4. The Hall–Kier alpha value is -4.48. The van der Waals surface area contributed by atoms with Crippen molar-refractivity contribution < 1.29 is 14.4 Å². The fourth-order valence-electron chi connectivity index (χ4n) is 5.17. The van der Waals surface area contributed by atoms with E-state index in [0.29, 0.717) is 30.5 Å². The van der Waals surface area contributed by atoms with E-state index in [4.69, 9.17) is 28.3 Å². The van der Waals surface area contributed by atoms with Crippen molar-refractivity contribution in [1.29, 1.82) is 5.41 Å². The van der Waals surface area contributed by atoms with E-state index in [1.54, 1.807) is 30.6 Å². The highest BCUT2D eigenvalue weighted by Gasteiger charge is 2.35. The van der Waals surface area contributed by atoms with Gasteiger partial charge in [0.15, 0.2) is 5.96 Å². The van der Waals surface area contributed by atoms with Crippen LogP contribution in [-0.4, -0.2) is 53.1 Å². The maximum atomic E-state index is 13.9. The molecular formula is C29H41N9O3. The van der Waals surface area contributed by atoms with Gasteiger partial charge in [0.25, 0.3) is 0 Å². The van der Waals surface area contributed by atoms with E-state index in [0.717, 1.165) is 37.7 Å². The first-order valence-corrected chi connectivity index (χ1v) is 13.9. The summed E-state index contributed by atoms with van der Waals surface area (Å²) in [7, 11) is 0. The number of benzene rings is 1. The van der Waals surface area contributed by atoms with E-state index >= 15 is 0 Å². The van der Waals surface area contributed by atoms with Crippen LogP contribution in [0, 0.1) is 11.3 Å². The van der Waals surface area contributed by atoms with Crippen LogP contribution in [0.2, 0.25) is 0 Å². The Morgan fingerprint density at radius 2 is 1.68 bits per heavy atom. The van der Waals surface area contributed by atoms with E-state index in [-0.39, 0.29) is 30.0 Å². The van der Waals surface area contributed by atoms with Gasteiger partial charge in [0, 0.05) is 24.5 Å². The summed E-state index contributed by atoms with van der Waals surface area (Å²) in [6.07, 6.45) is 8.88. The van der Waals surface area contributed by atoms with Gasteiger partial charge < -0.3 is 33.6 Å². The van der Waals surface area contributed by atoms with Crippen LogP contribution in [0.5, 0.6) is 0 Å². The first-order chi connectivity index (χ1) is 19.7. The number of hydrogen-bond acceptors (Lipinski definition) is 6. The second-order valence-corrected chi connectivity index (χ2v) is 10.5. The predicted octanol–water partition coefficient (Wildman–Crippen LogP) is 0.781. The molecule has 1 aromatic heterocycles. The van der Waals surface area contributed by atoms with E-state index in [2.05, 4.69) is 20.6 Å². The maximum Gasteiger partial charge on any atom is 0.243 e. The summed E-state index contributed by atoms with van der Waals surface area (Å²) in [4.78, 5) is 47.7. The number of aliphatic imine (C=N–C) groups is 1. The topological polar surface area (TPSA) is 228 Å². The van der Waals surface area contributed by atoms with Crippen LogP contribution in [0.15, 0.2) is 53.8 Å². The number of rotatable bonds is 14. The molecule has 0 aliphatic heterocycles. The molecule has 0 spiro atoms. The smallest absolute Gasteiger partial charge is 0.243 e. The van der Waals surface area contributed by atoms with Gasteiger partial charge in [-0.05, 0) is 55.2 Å². The Balaban J connectivity index is 1.81. The fraction of sp³-hybridized carbons (Fsp3) is 0.448. The third-order valence-electron chi connectivity index (χ3n) is 7.41. The van der Waals surface area contributed by atoms with E-state index in [1.807, 2.05) is 18.2 Å². The molecule has 3 amide bonds.